The van der Waals surface area contributed by atoms with Gasteiger partial charge in [0.1, 0.15) is 11.9 Å². The van der Waals surface area contributed by atoms with Crippen molar-refractivity contribution in [3.8, 4) is 17.2 Å². The van der Waals surface area contributed by atoms with E-state index in [4.69, 9.17) is 33.8 Å². The number of ether oxygens (including phenoxy) is 1. The van der Waals surface area contributed by atoms with Gasteiger partial charge < -0.3 is 15.9 Å². The molecule has 0 radical (unpaired) electrons. The van der Waals surface area contributed by atoms with Gasteiger partial charge in [0.2, 0.25) is 5.91 Å². The number of nitrogens with zero attached hydrogens (tertiary/aromatic N) is 3. The maximum absolute atomic E-state index is 12.6. The smallest absolute Gasteiger partial charge is 0.370 e. The number of anilines is 1. The molecule has 2 fully saturated rings. The Hall–Kier alpha value is -3.30. The fourth-order valence-electron chi connectivity index (χ4n) is 4.95. The Kier molecular flexibility index (Phi) is 3.86. The van der Waals surface area contributed by atoms with Crippen LogP contribution in [-0.2, 0) is 10.2 Å². The van der Waals surface area contributed by atoms with Crippen LogP contribution >= 0.6 is 23.2 Å². The Labute approximate surface area is 190 Å². The van der Waals surface area contributed by atoms with Crippen molar-refractivity contribution in [2.24, 2.45) is 11.8 Å². The summed E-state index contributed by atoms with van der Waals surface area (Å²) in [6, 6.07) is 8.28. The van der Waals surface area contributed by atoms with E-state index in [1.807, 2.05) is 12.1 Å². The monoisotopic (exact) mass is 471 g/mol. The standard InChI is InChI=1S/C21H15Cl2N5O4/c22-14-4-10(28-20(31)27(24)17(29)8-25-28)5-15(23)18(14)32-11-1-2-16-13(6-11)21(19(30)26-16)7-9-3-12(9)21/h1-2,4-6,8-9,12H,3,7,24H2,(H,26,30). The van der Waals surface area contributed by atoms with E-state index in [9.17, 15) is 14.4 Å². The molecule has 162 valence electrons. The quantitative estimate of drug-likeness (QED) is 0.565. The first-order valence-electron chi connectivity index (χ1n) is 9.89. The average molecular weight is 472 g/mol. The van der Waals surface area contributed by atoms with Crippen molar-refractivity contribution in [1.29, 1.82) is 0 Å². The lowest BCUT2D eigenvalue weighted by Gasteiger charge is -2.35. The van der Waals surface area contributed by atoms with Crippen LogP contribution in [-0.4, -0.2) is 20.4 Å². The van der Waals surface area contributed by atoms with Crippen LogP contribution in [0.25, 0.3) is 5.69 Å². The van der Waals surface area contributed by atoms with Gasteiger partial charge in [0.25, 0.3) is 5.56 Å². The van der Waals surface area contributed by atoms with Gasteiger partial charge in [-0.1, -0.05) is 23.2 Å². The lowest BCUT2D eigenvalue weighted by atomic mass is 9.65. The number of rotatable bonds is 3. The summed E-state index contributed by atoms with van der Waals surface area (Å²) in [4.78, 5) is 36.3. The van der Waals surface area contributed by atoms with Crippen molar-refractivity contribution < 1.29 is 9.53 Å². The molecule has 9 nitrogen and oxygen atoms in total. The molecule has 3 atom stereocenters. The minimum absolute atomic E-state index is 0.0583. The highest BCUT2D eigenvalue weighted by atomic mass is 35.5. The van der Waals surface area contributed by atoms with E-state index >= 15 is 0 Å². The largest absolute Gasteiger partial charge is 0.454 e. The molecular weight excluding hydrogens is 457 g/mol. The first kappa shape index (κ1) is 19.4. The SMILES string of the molecule is Nn1c(=O)cnn(-c2cc(Cl)c(Oc3ccc4c(c3)C3(CC5CC53)C(=O)N4)c(Cl)c2)c1=O. The lowest BCUT2D eigenvalue weighted by molar-refractivity contribution is -0.124. The number of nitrogen functional groups attached to an aromatic ring is 1. The zero-order valence-corrected chi connectivity index (χ0v) is 17.9. The van der Waals surface area contributed by atoms with Crippen molar-refractivity contribution in [1.82, 2.24) is 14.5 Å². The highest BCUT2D eigenvalue weighted by Crippen LogP contribution is 2.70. The third-order valence-corrected chi connectivity index (χ3v) is 7.18. The number of carbonyl (C=O) groups is 1. The van der Waals surface area contributed by atoms with Crippen LogP contribution < -0.4 is 27.1 Å². The topological polar surface area (TPSA) is 121 Å². The Bertz CT molecular complexity index is 1440. The Morgan fingerprint density at radius 3 is 2.56 bits per heavy atom. The summed E-state index contributed by atoms with van der Waals surface area (Å²) in [6.07, 6.45) is 2.86. The Balaban J connectivity index is 1.36. The van der Waals surface area contributed by atoms with Crippen LogP contribution in [0.3, 0.4) is 0 Å². The zero-order chi connectivity index (χ0) is 22.4. The molecule has 2 aliphatic carbocycles. The van der Waals surface area contributed by atoms with Crippen molar-refractivity contribution in [3.63, 3.8) is 0 Å². The van der Waals surface area contributed by atoms with Crippen molar-refractivity contribution in [2.45, 2.75) is 18.3 Å². The van der Waals surface area contributed by atoms with Crippen LogP contribution in [0.1, 0.15) is 18.4 Å². The molecule has 1 amide bonds. The summed E-state index contributed by atoms with van der Waals surface area (Å²) >= 11 is 12.8. The second-order valence-corrected chi connectivity index (χ2v) is 9.14. The van der Waals surface area contributed by atoms with E-state index in [1.54, 1.807) is 6.07 Å². The van der Waals surface area contributed by atoms with E-state index < -0.39 is 16.7 Å². The summed E-state index contributed by atoms with van der Waals surface area (Å²) in [5, 5.41) is 7.03. The third-order valence-electron chi connectivity index (χ3n) is 6.62. The van der Waals surface area contributed by atoms with Gasteiger partial charge in [0, 0.05) is 5.69 Å². The summed E-state index contributed by atoms with van der Waals surface area (Å²) in [5.41, 5.74) is -0.0673. The minimum Gasteiger partial charge on any atom is -0.454 e. The maximum atomic E-state index is 12.6. The molecule has 2 heterocycles. The molecule has 0 saturated heterocycles. The minimum atomic E-state index is -0.849. The van der Waals surface area contributed by atoms with Gasteiger partial charge in [-0.25, -0.2) is 4.79 Å². The molecule has 11 heteroatoms. The number of hydrogen-bond donors (Lipinski definition) is 2. The number of nitrogens with two attached hydrogens (primary N) is 1. The third kappa shape index (κ3) is 2.52. The van der Waals surface area contributed by atoms with Crippen molar-refractivity contribution in [3.05, 3.63) is 73.0 Å². The number of halogens is 2. The van der Waals surface area contributed by atoms with E-state index in [2.05, 4.69) is 10.4 Å². The number of carbonyl (C=O) groups excluding carboxylic acids is 1. The van der Waals surface area contributed by atoms with Crippen LogP contribution in [0.15, 0.2) is 46.1 Å². The molecule has 2 aromatic carbocycles. The van der Waals surface area contributed by atoms with Crippen LogP contribution in [0.4, 0.5) is 5.69 Å². The number of hydrogen-bond acceptors (Lipinski definition) is 6. The molecule has 32 heavy (non-hydrogen) atoms. The molecule has 3 aliphatic rings. The molecule has 3 aromatic rings. The highest BCUT2D eigenvalue weighted by Gasteiger charge is 2.70. The van der Waals surface area contributed by atoms with Gasteiger partial charge in [-0.15, -0.1) is 0 Å². The Morgan fingerprint density at radius 2 is 1.91 bits per heavy atom. The predicted octanol–water partition coefficient (Wildman–Crippen LogP) is 2.44. The highest BCUT2D eigenvalue weighted by molar-refractivity contribution is 6.37. The second-order valence-electron chi connectivity index (χ2n) is 8.33. The average Bonchev–Trinajstić information content (AvgIpc) is 3.32. The molecule has 1 aliphatic heterocycles. The van der Waals surface area contributed by atoms with Crippen LogP contribution in [0, 0.1) is 11.8 Å². The summed E-state index contributed by atoms with van der Waals surface area (Å²) < 4.78 is 7.32. The normalized spacial score (nSPS) is 24.5. The number of benzene rings is 2. The maximum Gasteiger partial charge on any atom is 0.370 e. The Morgan fingerprint density at radius 1 is 1.16 bits per heavy atom. The van der Waals surface area contributed by atoms with E-state index in [0.29, 0.717) is 22.3 Å². The number of aromatic nitrogens is 3. The van der Waals surface area contributed by atoms with Gasteiger partial charge in [0.05, 0.1) is 21.1 Å². The predicted molar refractivity (Wildman–Crippen MR) is 117 cm³/mol. The van der Waals surface area contributed by atoms with Gasteiger partial charge in [0.15, 0.2) is 5.75 Å². The fourth-order valence-corrected chi connectivity index (χ4v) is 5.50. The molecule has 3 N–H and O–H groups in total. The summed E-state index contributed by atoms with van der Waals surface area (Å²) in [5.74, 6) is 7.24. The van der Waals surface area contributed by atoms with E-state index in [0.717, 1.165) is 35.0 Å². The number of nitrogens with one attached hydrogen (secondary N) is 1. The molecule has 3 unspecified atom stereocenters. The van der Waals surface area contributed by atoms with Crippen molar-refractivity contribution in [2.75, 3.05) is 11.2 Å². The van der Waals surface area contributed by atoms with E-state index in [1.165, 1.54) is 12.1 Å². The molecule has 1 spiro atoms. The first-order chi connectivity index (χ1) is 15.3. The summed E-state index contributed by atoms with van der Waals surface area (Å²) in [6.45, 7) is 0. The second kappa shape index (κ2) is 6.36. The zero-order valence-electron chi connectivity index (χ0n) is 16.3. The lowest BCUT2D eigenvalue weighted by Crippen LogP contribution is -2.44. The molecule has 1 aromatic heterocycles. The first-order valence-corrected chi connectivity index (χ1v) is 10.6. The van der Waals surface area contributed by atoms with Gasteiger partial charge >= 0.3 is 5.69 Å². The van der Waals surface area contributed by atoms with Crippen LogP contribution in [0.2, 0.25) is 10.0 Å². The van der Waals surface area contributed by atoms with Crippen molar-refractivity contribution >= 4 is 34.8 Å². The van der Waals surface area contributed by atoms with Gasteiger partial charge in [-0.3, -0.25) is 9.59 Å². The van der Waals surface area contributed by atoms with Crippen LogP contribution in [0.5, 0.6) is 11.5 Å². The molecule has 2 saturated carbocycles. The van der Waals surface area contributed by atoms with E-state index in [-0.39, 0.29) is 27.4 Å². The number of fused-ring (bicyclic) bond motifs is 4. The van der Waals surface area contributed by atoms with Gasteiger partial charge in [-0.2, -0.15) is 14.5 Å². The summed E-state index contributed by atoms with van der Waals surface area (Å²) in [7, 11) is 0. The fraction of sp³-hybridized carbons (Fsp3) is 0.238. The van der Waals surface area contributed by atoms with Gasteiger partial charge in [-0.05, 0) is 60.6 Å². The molecular formula is C21H15Cl2N5O4. The molecule has 0 bridgehead atoms. The molecule has 6 rings (SSSR count). The number of amides is 1.